The van der Waals surface area contributed by atoms with Crippen molar-refractivity contribution in [2.45, 2.75) is 27.7 Å². The van der Waals surface area contributed by atoms with Crippen LogP contribution in [-0.2, 0) is 0 Å². The Balaban J connectivity index is 0.000000561. The molecule has 0 aliphatic heterocycles. The largest absolute Gasteiger partial charge is 0.101 e. The van der Waals surface area contributed by atoms with Gasteiger partial charge in [0.15, 0.2) is 0 Å². The normalized spacial score (nSPS) is 7.33. The fourth-order valence-electron chi connectivity index (χ4n) is 0.781. The van der Waals surface area contributed by atoms with Crippen LogP contribution in [-0.4, -0.2) is 0 Å². The minimum Gasteiger partial charge on any atom is -0.101 e. The summed E-state index contributed by atoms with van der Waals surface area (Å²) in [6.45, 7) is 7.92. The molecule has 0 spiro atoms. The highest BCUT2D eigenvalue weighted by molar-refractivity contribution is 5.35. The van der Waals surface area contributed by atoms with Crippen LogP contribution in [0.25, 0.3) is 0 Å². The molecule has 0 amide bonds. The first kappa shape index (κ1) is 10.8. The van der Waals surface area contributed by atoms with Crippen LogP contribution in [0.15, 0.2) is 24.3 Å². The van der Waals surface area contributed by atoms with Crippen LogP contribution in [0.1, 0.15) is 31.9 Å². The Morgan fingerprint density at radius 1 is 1.00 bits per heavy atom. The van der Waals surface area contributed by atoms with E-state index in [0.29, 0.717) is 0 Å². The van der Waals surface area contributed by atoms with Crippen molar-refractivity contribution in [2.24, 2.45) is 0 Å². The summed E-state index contributed by atoms with van der Waals surface area (Å²) in [6.07, 6.45) is 0. The van der Waals surface area contributed by atoms with E-state index < -0.39 is 0 Å². The molecule has 1 rings (SSSR count). The first-order chi connectivity index (χ1) is 5.83. The second-order valence-electron chi connectivity index (χ2n) is 2.24. The Morgan fingerprint density at radius 2 is 1.50 bits per heavy atom. The highest BCUT2D eigenvalue weighted by atomic mass is 13.9. The molecule has 0 heteroatoms. The van der Waals surface area contributed by atoms with E-state index >= 15 is 0 Å². The van der Waals surface area contributed by atoms with Gasteiger partial charge in [0.2, 0.25) is 0 Å². The van der Waals surface area contributed by atoms with Gasteiger partial charge in [-0.2, -0.15) is 0 Å². The van der Waals surface area contributed by atoms with Crippen molar-refractivity contribution in [3.63, 3.8) is 0 Å². The highest BCUT2D eigenvalue weighted by Crippen LogP contribution is 2.00. The van der Waals surface area contributed by atoms with Crippen molar-refractivity contribution in [3.8, 4) is 11.8 Å². The van der Waals surface area contributed by atoms with Crippen LogP contribution in [0.3, 0.4) is 0 Å². The molecule has 0 unspecified atom stereocenters. The summed E-state index contributed by atoms with van der Waals surface area (Å²) < 4.78 is 0. The van der Waals surface area contributed by atoms with Crippen molar-refractivity contribution >= 4 is 0 Å². The predicted octanol–water partition coefficient (Wildman–Crippen LogP) is 3.39. The van der Waals surface area contributed by atoms with Gasteiger partial charge in [-0.1, -0.05) is 37.5 Å². The van der Waals surface area contributed by atoms with E-state index in [2.05, 4.69) is 30.9 Å². The Morgan fingerprint density at radius 3 is 1.92 bits per heavy atom. The second kappa shape index (κ2) is 6.49. The first-order valence-corrected chi connectivity index (χ1v) is 4.32. The number of aryl methyl sites for hydroxylation is 1. The maximum atomic E-state index is 2.98. The molecule has 0 aliphatic carbocycles. The van der Waals surface area contributed by atoms with E-state index in [1.165, 1.54) is 5.56 Å². The molecular weight excluding hydrogens is 144 g/mol. The lowest BCUT2D eigenvalue weighted by atomic mass is 10.2. The molecule has 0 heterocycles. The zero-order chi connectivity index (χ0) is 9.40. The van der Waals surface area contributed by atoms with Gasteiger partial charge < -0.3 is 0 Å². The number of hydrogen-bond donors (Lipinski definition) is 0. The van der Waals surface area contributed by atoms with Crippen LogP contribution in [0.2, 0.25) is 0 Å². The van der Waals surface area contributed by atoms with Crippen LogP contribution in [0, 0.1) is 18.8 Å². The lowest BCUT2D eigenvalue weighted by Gasteiger charge is -1.90. The Hall–Kier alpha value is -1.22. The van der Waals surface area contributed by atoms with Crippen LogP contribution < -0.4 is 0 Å². The van der Waals surface area contributed by atoms with Gasteiger partial charge in [0.05, 0.1) is 0 Å². The summed E-state index contributed by atoms with van der Waals surface area (Å²) in [5, 5.41) is 0. The minimum absolute atomic E-state index is 1.09. The highest BCUT2D eigenvalue weighted by Gasteiger charge is 1.83. The van der Waals surface area contributed by atoms with Crippen LogP contribution >= 0.6 is 0 Å². The molecule has 1 aromatic rings. The number of rotatable bonds is 0. The molecule has 0 radical (unpaired) electrons. The van der Waals surface area contributed by atoms with Crippen molar-refractivity contribution in [1.29, 1.82) is 0 Å². The van der Waals surface area contributed by atoms with E-state index in [-0.39, 0.29) is 0 Å². The second-order valence-corrected chi connectivity index (χ2v) is 2.24. The third kappa shape index (κ3) is 3.83. The third-order valence-corrected chi connectivity index (χ3v) is 1.32. The summed E-state index contributed by atoms with van der Waals surface area (Å²) in [4.78, 5) is 0. The maximum Gasteiger partial charge on any atom is 0.0245 e. The fourth-order valence-corrected chi connectivity index (χ4v) is 0.781. The van der Waals surface area contributed by atoms with Crippen LogP contribution in [0.5, 0.6) is 0 Å². The van der Waals surface area contributed by atoms with Gasteiger partial charge in [-0.25, -0.2) is 0 Å². The molecule has 0 atom stereocenters. The van der Waals surface area contributed by atoms with E-state index in [4.69, 9.17) is 0 Å². The Labute approximate surface area is 75.6 Å². The topological polar surface area (TPSA) is 0 Å². The van der Waals surface area contributed by atoms with Crippen molar-refractivity contribution in [2.75, 3.05) is 0 Å². The lowest BCUT2D eigenvalue weighted by Crippen LogP contribution is -1.73. The van der Waals surface area contributed by atoms with Gasteiger partial charge >= 0.3 is 0 Å². The maximum absolute atomic E-state index is 2.98. The summed E-state index contributed by atoms with van der Waals surface area (Å²) in [5.41, 5.74) is 2.37. The predicted molar refractivity (Wildman–Crippen MR) is 55.1 cm³/mol. The molecule has 0 saturated carbocycles. The monoisotopic (exact) mass is 160 g/mol. The molecule has 0 N–H and O–H groups in total. The zero-order valence-corrected chi connectivity index (χ0v) is 8.31. The molecule has 0 saturated heterocycles. The van der Waals surface area contributed by atoms with Gasteiger partial charge in [0, 0.05) is 5.56 Å². The van der Waals surface area contributed by atoms with E-state index in [0.717, 1.165) is 5.56 Å². The van der Waals surface area contributed by atoms with E-state index in [1.54, 1.807) is 0 Å². The van der Waals surface area contributed by atoms with Crippen molar-refractivity contribution in [1.82, 2.24) is 0 Å². The molecule has 0 aliphatic rings. The van der Waals surface area contributed by atoms with Gasteiger partial charge in [-0.05, 0) is 26.0 Å². The first-order valence-electron chi connectivity index (χ1n) is 4.32. The molecule has 64 valence electrons. The van der Waals surface area contributed by atoms with E-state index in [9.17, 15) is 0 Å². The summed E-state index contributed by atoms with van der Waals surface area (Å²) in [5.74, 6) is 5.84. The van der Waals surface area contributed by atoms with Gasteiger partial charge in [0.1, 0.15) is 0 Å². The Bertz CT molecular complexity index is 256. The molecule has 0 bridgehead atoms. The molecule has 0 fully saturated rings. The summed E-state index contributed by atoms with van der Waals surface area (Å²) >= 11 is 0. The molecule has 0 aromatic heterocycles. The van der Waals surface area contributed by atoms with Crippen molar-refractivity contribution < 1.29 is 0 Å². The number of benzene rings is 1. The summed E-state index contributed by atoms with van der Waals surface area (Å²) in [6, 6.07) is 8.21. The van der Waals surface area contributed by atoms with Crippen molar-refractivity contribution in [3.05, 3.63) is 35.4 Å². The average molecular weight is 160 g/mol. The van der Waals surface area contributed by atoms with Gasteiger partial charge in [-0.15, -0.1) is 5.92 Å². The molecule has 12 heavy (non-hydrogen) atoms. The minimum atomic E-state index is 1.09. The molecular formula is C12H16. The number of hydrogen-bond acceptors (Lipinski definition) is 0. The quantitative estimate of drug-likeness (QED) is 0.510. The zero-order valence-electron chi connectivity index (χ0n) is 8.31. The van der Waals surface area contributed by atoms with E-state index in [1.807, 2.05) is 32.9 Å². The average Bonchev–Trinajstić information content (AvgIpc) is 2.13. The van der Waals surface area contributed by atoms with Gasteiger partial charge in [-0.3, -0.25) is 0 Å². The SMILES string of the molecule is CC.CC#Cc1ccc(C)cc1. The Kier molecular flexibility index (Phi) is 5.83. The van der Waals surface area contributed by atoms with Crippen LogP contribution in [0.4, 0.5) is 0 Å². The molecule has 1 aromatic carbocycles. The fraction of sp³-hybridized carbons (Fsp3) is 0.333. The summed E-state index contributed by atoms with van der Waals surface area (Å²) in [7, 11) is 0. The molecule has 0 nitrogen and oxygen atoms in total. The van der Waals surface area contributed by atoms with Gasteiger partial charge in [0.25, 0.3) is 0 Å². The smallest absolute Gasteiger partial charge is 0.0245 e. The lowest BCUT2D eigenvalue weighted by molar-refractivity contribution is 1.46. The third-order valence-electron chi connectivity index (χ3n) is 1.32. The standard InChI is InChI=1S/C10H10.C2H6/c1-3-4-10-7-5-9(2)6-8-10;1-2/h5-8H,1-2H3;1-2H3.